The Balaban J connectivity index is 1.85. The monoisotopic (exact) mass is 373 g/mol. The smallest absolute Gasteiger partial charge is 0.338 e. The second kappa shape index (κ2) is 7.77. The summed E-state index contributed by atoms with van der Waals surface area (Å²) < 4.78 is 5.72. The van der Waals surface area contributed by atoms with Gasteiger partial charge in [-0.1, -0.05) is 13.3 Å². The summed E-state index contributed by atoms with van der Waals surface area (Å²) in [5, 5.41) is 16.2. The molecule has 2 aliphatic rings. The number of nitro groups is 1. The molecule has 1 aliphatic heterocycles. The SMILES string of the molecule is CC1=C(C(=O)O[C@@H]2CCC[C@@H](C)C2)[C@H](c2ccc([N+](=O)[O-])cc2)NC(=O)N1. The van der Waals surface area contributed by atoms with Gasteiger partial charge in [-0.3, -0.25) is 10.1 Å². The van der Waals surface area contributed by atoms with E-state index in [1.807, 2.05) is 0 Å². The standard InChI is InChI=1S/C19H23N3O5/c1-11-4-3-5-15(10-11)27-18(23)16-12(2)20-19(24)21-17(16)13-6-8-14(9-7-13)22(25)26/h6-9,11,15,17H,3-5,10H2,1-2H3,(H2,20,21,24)/t11-,15-,17+/m1/s1. The van der Waals surface area contributed by atoms with Gasteiger partial charge in [0.2, 0.25) is 0 Å². The van der Waals surface area contributed by atoms with Gasteiger partial charge in [0.05, 0.1) is 16.5 Å². The van der Waals surface area contributed by atoms with Crippen molar-refractivity contribution in [2.75, 3.05) is 0 Å². The third-order valence-corrected chi connectivity index (χ3v) is 5.09. The Morgan fingerprint density at radius 3 is 2.59 bits per heavy atom. The molecule has 0 bridgehead atoms. The average molecular weight is 373 g/mol. The molecule has 8 heteroatoms. The quantitative estimate of drug-likeness (QED) is 0.478. The van der Waals surface area contributed by atoms with Crippen LogP contribution in [0.2, 0.25) is 0 Å². The maximum Gasteiger partial charge on any atom is 0.338 e. The number of ether oxygens (including phenoxy) is 1. The van der Waals surface area contributed by atoms with Gasteiger partial charge in [0.15, 0.2) is 0 Å². The number of nitrogens with zero attached hydrogens (tertiary/aromatic N) is 1. The van der Waals surface area contributed by atoms with Crippen LogP contribution in [-0.4, -0.2) is 23.0 Å². The van der Waals surface area contributed by atoms with Gasteiger partial charge >= 0.3 is 12.0 Å². The van der Waals surface area contributed by atoms with Crippen LogP contribution in [0.3, 0.4) is 0 Å². The zero-order chi connectivity index (χ0) is 19.6. The predicted octanol–water partition coefficient (Wildman–Crippen LogP) is 3.34. The number of carbonyl (C=O) groups is 2. The van der Waals surface area contributed by atoms with E-state index in [-0.39, 0.29) is 11.8 Å². The van der Waals surface area contributed by atoms with E-state index in [1.54, 1.807) is 6.92 Å². The van der Waals surface area contributed by atoms with Crippen LogP contribution >= 0.6 is 0 Å². The lowest BCUT2D eigenvalue weighted by Crippen LogP contribution is -2.45. The maximum absolute atomic E-state index is 12.9. The van der Waals surface area contributed by atoms with Crippen molar-refractivity contribution in [3.8, 4) is 0 Å². The maximum atomic E-state index is 12.9. The lowest BCUT2D eigenvalue weighted by molar-refractivity contribution is -0.384. The number of benzene rings is 1. The molecule has 2 N–H and O–H groups in total. The second-order valence-corrected chi connectivity index (χ2v) is 7.22. The minimum atomic E-state index is -0.715. The molecular weight excluding hydrogens is 350 g/mol. The van der Waals surface area contributed by atoms with Crippen molar-refractivity contribution < 1.29 is 19.2 Å². The Hall–Kier alpha value is -2.90. The van der Waals surface area contributed by atoms with Gasteiger partial charge in [0, 0.05) is 17.8 Å². The molecular formula is C19H23N3O5. The number of carbonyl (C=O) groups excluding carboxylic acids is 2. The number of allylic oxidation sites excluding steroid dienone is 1. The summed E-state index contributed by atoms with van der Waals surface area (Å²) in [5.74, 6) is 0.0451. The summed E-state index contributed by atoms with van der Waals surface area (Å²) in [4.78, 5) is 35.1. The van der Waals surface area contributed by atoms with Crippen LogP contribution in [0.1, 0.15) is 51.1 Å². The Bertz CT molecular complexity index is 787. The molecule has 0 spiro atoms. The number of urea groups is 1. The molecule has 1 aromatic rings. The molecule has 0 aromatic heterocycles. The summed E-state index contributed by atoms with van der Waals surface area (Å²) in [5.41, 5.74) is 1.27. The second-order valence-electron chi connectivity index (χ2n) is 7.22. The van der Waals surface area contributed by atoms with Crippen LogP contribution in [0, 0.1) is 16.0 Å². The normalized spacial score (nSPS) is 25.4. The van der Waals surface area contributed by atoms with Gasteiger partial charge in [-0.05, 0) is 49.8 Å². The van der Waals surface area contributed by atoms with Crippen molar-refractivity contribution in [3.05, 3.63) is 51.2 Å². The van der Waals surface area contributed by atoms with E-state index in [2.05, 4.69) is 17.6 Å². The fourth-order valence-corrected chi connectivity index (χ4v) is 3.70. The lowest BCUT2D eigenvalue weighted by atomic mass is 9.88. The number of esters is 1. The molecule has 1 saturated carbocycles. The van der Waals surface area contributed by atoms with Crippen LogP contribution < -0.4 is 10.6 Å². The van der Waals surface area contributed by atoms with Crippen molar-refractivity contribution in [2.45, 2.75) is 51.7 Å². The minimum absolute atomic E-state index is 0.0555. The molecule has 0 saturated heterocycles. The predicted molar refractivity (Wildman–Crippen MR) is 97.7 cm³/mol. The molecule has 3 atom stereocenters. The first-order valence-corrected chi connectivity index (χ1v) is 9.08. The van der Waals surface area contributed by atoms with E-state index >= 15 is 0 Å². The van der Waals surface area contributed by atoms with Gasteiger partial charge in [-0.2, -0.15) is 0 Å². The number of rotatable bonds is 4. The summed E-state index contributed by atoms with van der Waals surface area (Å²) in [7, 11) is 0. The van der Waals surface area contributed by atoms with Gasteiger partial charge in [-0.15, -0.1) is 0 Å². The van der Waals surface area contributed by atoms with E-state index in [0.29, 0.717) is 22.8 Å². The zero-order valence-corrected chi connectivity index (χ0v) is 15.4. The van der Waals surface area contributed by atoms with Crippen molar-refractivity contribution in [2.24, 2.45) is 5.92 Å². The van der Waals surface area contributed by atoms with Crippen LogP contribution in [-0.2, 0) is 9.53 Å². The van der Waals surface area contributed by atoms with Gasteiger partial charge in [-0.25, -0.2) is 9.59 Å². The summed E-state index contributed by atoms with van der Waals surface area (Å²) in [6.07, 6.45) is 3.71. The van der Waals surface area contributed by atoms with Crippen molar-refractivity contribution in [1.82, 2.24) is 10.6 Å². The van der Waals surface area contributed by atoms with Crippen LogP contribution in [0.5, 0.6) is 0 Å². The molecule has 1 aromatic carbocycles. The van der Waals surface area contributed by atoms with Crippen molar-refractivity contribution >= 4 is 17.7 Å². The van der Waals surface area contributed by atoms with E-state index in [9.17, 15) is 19.7 Å². The highest BCUT2D eigenvalue weighted by Crippen LogP contribution is 2.31. The first-order chi connectivity index (χ1) is 12.8. The van der Waals surface area contributed by atoms with Crippen LogP contribution in [0.4, 0.5) is 10.5 Å². The number of hydrogen-bond donors (Lipinski definition) is 2. The largest absolute Gasteiger partial charge is 0.459 e. The molecule has 8 nitrogen and oxygen atoms in total. The summed E-state index contributed by atoms with van der Waals surface area (Å²) in [6, 6.07) is 4.64. The third-order valence-electron chi connectivity index (χ3n) is 5.09. The fourth-order valence-electron chi connectivity index (χ4n) is 3.70. The molecule has 1 aliphatic carbocycles. The van der Waals surface area contributed by atoms with E-state index < -0.39 is 23.0 Å². The zero-order valence-electron chi connectivity index (χ0n) is 15.4. The third kappa shape index (κ3) is 4.27. The molecule has 27 heavy (non-hydrogen) atoms. The molecule has 0 radical (unpaired) electrons. The highest BCUT2D eigenvalue weighted by atomic mass is 16.6. The van der Waals surface area contributed by atoms with Crippen molar-refractivity contribution in [1.29, 1.82) is 0 Å². The molecule has 0 unspecified atom stereocenters. The Kier molecular flexibility index (Phi) is 5.43. The van der Waals surface area contributed by atoms with E-state index in [0.717, 1.165) is 25.7 Å². The minimum Gasteiger partial charge on any atom is -0.459 e. The molecule has 3 rings (SSSR count). The summed E-state index contributed by atoms with van der Waals surface area (Å²) >= 11 is 0. The van der Waals surface area contributed by atoms with Crippen LogP contribution in [0.25, 0.3) is 0 Å². The van der Waals surface area contributed by atoms with E-state index in [1.165, 1.54) is 24.3 Å². The van der Waals surface area contributed by atoms with Gasteiger partial charge in [0.25, 0.3) is 5.69 Å². The van der Waals surface area contributed by atoms with Crippen LogP contribution in [0.15, 0.2) is 35.5 Å². The molecule has 1 heterocycles. The van der Waals surface area contributed by atoms with Gasteiger partial charge < -0.3 is 15.4 Å². The first-order valence-electron chi connectivity index (χ1n) is 9.08. The topological polar surface area (TPSA) is 111 Å². The number of nitro benzene ring substituents is 1. The number of non-ortho nitro benzene ring substituents is 1. The Morgan fingerprint density at radius 1 is 1.26 bits per heavy atom. The van der Waals surface area contributed by atoms with Gasteiger partial charge in [0.1, 0.15) is 6.10 Å². The Labute approximate surface area is 157 Å². The first kappa shape index (κ1) is 18.9. The van der Waals surface area contributed by atoms with Crippen molar-refractivity contribution in [3.63, 3.8) is 0 Å². The molecule has 1 fully saturated rings. The number of amides is 2. The highest BCUT2D eigenvalue weighted by molar-refractivity contribution is 5.95. The molecule has 2 amide bonds. The molecule has 144 valence electrons. The fraction of sp³-hybridized carbons (Fsp3) is 0.474. The number of hydrogen-bond acceptors (Lipinski definition) is 5. The highest BCUT2D eigenvalue weighted by Gasteiger charge is 2.34. The Morgan fingerprint density at radius 2 is 1.96 bits per heavy atom. The summed E-state index contributed by atoms with van der Waals surface area (Å²) in [6.45, 7) is 3.80. The lowest BCUT2D eigenvalue weighted by Gasteiger charge is -2.31. The van der Waals surface area contributed by atoms with E-state index in [4.69, 9.17) is 4.74 Å². The number of nitrogens with one attached hydrogen (secondary N) is 2. The average Bonchev–Trinajstić information content (AvgIpc) is 2.61.